The second-order valence-corrected chi connectivity index (χ2v) is 5.37. The van der Waals surface area contributed by atoms with E-state index < -0.39 is 18.1 Å². The molecule has 0 spiro atoms. The van der Waals surface area contributed by atoms with Crippen LogP contribution in [0.25, 0.3) is 0 Å². The van der Waals surface area contributed by atoms with Gasteiger partial charge in [-0.05, 0) is 13.3 Å². The number of hydrogen-bond acceptors (Lipinski definition) is 3. The molecule has 0 saturated carbocycles. The standard InChI is InChI=1S/C5H14NO3PS/c1-3-4(11)5(2,6)10(7,8)9/h4,11H,3,6H2,1-2H3,(H2,7,8,9). The smallest absolute Gasteiger partial charge is 0.323 e. The maximum Gasteiger partial charge on any atom is 0.346 e. The number of rotatable bonds is 3. The van der Waals surface area contributed by atoms with Gasteiger partial charge in [-0.2, -0.15) is 12.6 Å². The van der Waals surface area contributed by atoms with Crippen LogP contribution in [0.4, 0.5) is 0 Å². The van der Waals surface area contributed by atoms with E-state index in [1.165, 1.54) is 6.92 Å². The summed E-state index contributed by atoms with van der Waals surface area (Å²) < 4.78 is 10.8. The van der Waals surface area contributed by atoms with Gasteiger partial charge >= 0.3 is 7.60 Å². The van der Waals surface area contributed by atoms with E-state index in [0.29, 0.717) is 6.42 Å². The number of nitrogens with two attached hydrogens (primary N) is 1. The summed E-state index contributed by atoms with van der Waals surface area (Å²) in [6.45, 7) is 3.09. The summed E-state index contributed by atoms with van der Waals surface area (Å²) in [7, 11) is -4.24. The molecule has 11 heavy (non-hydrogen) atoms. The maximum absolute atomic E-state index is 10.8. The predicted molar refractivity (Wildman–Crippen MR) is 47.7 cm³/mol. The molecule has 0 fully saturated rings. The fraction of sp³-hybridized carbons (Fsp3) is 1.00. The topological polar surface area (TPSA) is 83.6 Å². The van der Waals surface area contributed by atoms with E-state index in [-0.39, 0.29) is 0 Å². The Balaban J connectivity index is 4.59. The Bertz CT molecular complexity index is 179. The van der Waals surface area contributed by atoms with Gasteiger partial charge in [0, 0.05) is 5.25 Å². The van der Waals surface area contributed by atoms with Crippen LogP contribution < -0.4 is 5.73 Å². The lowest BCUT2D eigenvalue weighted by atomic mass is 10.2. The molecule has 0 bridgehead atoms. The summed E-state index contributed by atoms with van der Waals surface area (Å²) in [6, 6.07) is 0. The SMILES string of the molecule is CCC(S)C(C)(N)P(=O)(O)O. The van der Waals surface area contributed by atoms with E-state index in [1.807, 2.05) is 0 Å². The van der Waals surface area contributed by atoms with E-state index in [4.69, 9.17) is 15.5 Å². The molecule has 2 unspecified atom stereocenters. The lowest BCUT2D eigenvalue weighted by Gasteiger charge is -2.30. The average molecular weight is 199 g/mol. The van der Waals surface area contributed by atoms with Crippen molar-refractivity contribution in [2.45, 2.75) is 30.8 Å². The van der Waals surface area contributed by atoms with Crippen LogP contribution in [0.15, 0.2) is 0 Å². The van der Waals surface area contributed by atoms with Crippen LogP contribution >= 0.6 is 20.2 Å². The van der Waals surface area contributed by atoms with Gasteiger partial charge < -0.3 is 15.5 Å². The molecule has 68 valence electrons. The fourth-order valence-corrected chi connectivity index (χ4v) is 1.63. The van der Waals surface area contributed by atoms with Crippen molar-refractivity contribution >= 4 is 20.2 Å². The second kappa shape index (κ2) is 3.46. The van der Waals surface area contributed by atoms with E-state index in [2.05, 4.69) is 12.6 Å². The molecule has 0 saturated heterocycles. The molecular weight excluding hydrogens is 185 g/mol. The van der Waals surface area contributed by atoms with Crippen LogP contribution in [0.2, 0.25) is 0 Å². The molecule has 0 aliphatic rings. The molecule has 0 radical (unpaired) electrons. The van der Waals surface area contributed by atoms with Crippen LogP contribution in [0.1, 0.15) is 20.3 Å². The zero-order valence-corrected chi connectivity index (χ0v) is 8.35. The average Bonchev–Trinajstić information content (AvgIpc) is 1.83. The summed E-state index contributed by atoms with van der Waals surface area (Å²) in [5.74, 6) is 0. The molecule has 4 nitrogen and oxygen atoms in total. The Morgan fingerprint density at radius 1 is 1.73 bits per heavy atom. The summed E-state index contributed by atoms with van der Waals surface area (Å²) >= 11 is 3.99. The minimum absolute atomic E-state index is 0.483. The third-order valence-corrected chi connectivity index (χ3v) is 4.36. The first kappa shape index (κ1) is 11.5. The monoisotopic (exact) mass is 199 g/mol. The third-order valence-electron chi connectivity index (χ3n) is 1.69. The maximum atomic E-state index is 10.8. The Labute approximate surface area is 71.7 Å². The number of thiol groups is 1. The zero-order valence-electron chi connectivity index (χ0n) is 6.56. The molecule has 0 aromatic rings. The third kappa shape index (κ3) is 2.46. The van der Waals surface area contributed by atoms with Gasteiger partial charge in [0.15, 0.2) is 0 Å². The molecule has 4 N–H and O–H groups in total. The molecule has 0 aliphatic heterocycles. The van der Waals surface area contributed by atoms with Crippen molar-refractivity contribution in [2.24, 2.45) is 5.73 Å². The van der Waals surface area contributed by atoms with Gasteiger partial charge in [0.25, 0.3) is 0 Å². The summed E-state index contributed by atoms with van der Waals surface area (Å²) in [4.78, 5) is 17.6. The van der Waals surface area contributed by atoms with Gasteiger partial charge in [-0.15, -0.1) is 0 Å². The largest absolute Gasteiger partial charge is 0.346 e. The highest BCUT2D eigenvalue weighted by atomic mass is 32.1. The molecule has 6 heteroatoms. The number of hydrogen-bond donors (Lipinski definition) is 4. The van der Waals surface area contributed by atoms with Crippen molar-refractivity contribution in [3.8, 4) is 0 Å². The van der Waals surface area contributed by atoms with Crippen LogP contribution in [-0.4, -0.2) is 20.3 Å². The first-order valence-electron chi connectivity index (χ1n) is 3.26. The highest BCUT2D eigenvalue weighted by molar-refractivity contribution is 7.81. The van der Waals surface area contributed by atoms with Gasteiger partial charge in [-0.3, -0.25) is 4.57 Å². The predicted octanol–water partition coefficient (Wildman–Crippen LogP) is 0.547. The quantitative estimate of drug-likeness (QED) is 0.395. The van der Waals surface area contributed by atoms with E-state index >= 15 is 0 Å². The molecule has 0 heterocycles. The van der Waals surface area contributed by atoms with Gasteiger partial charge in [-0.25, -0.2) is 0 Å². The highest BCUT2D eigenvalue weighted by Crippen LogP contribution is 2.50. The lowest BCUT2D eigenvalue weighted by Crippen LogP contribution is -2.44. The Morgan fingerprint density at radius 2 is 2.09 bits per heavy atom. The molecule has 0 aliphatic carbocycles. The Kier molecular flexibility index (Phi) is 3.60. The Hall–Kier alpha value is 0.460. The second-order valence-electron chi connectivity index (χ2n) is 2.69. The van der Waals surface area contributed by atoms with Gasteiger partial charge in [0.2, 0.25) is 0 Å². The first-order chi connectivity index (χ1) is 4.73. The van der Waals surface area contributed by atoms with E-state index in [0.717, 1.165) is 0 Å². The molecule has 0 rings (SSSR count). The van der Waals surface area contributed by atoms with Crippen molar-refractivity contribution in [3.05, 3.63) is 0 Å². The molecule has 2 atom stereocenters. The van der Waals surface area contributed by atoms with Crippen molar-refractivity contribution < 1.29 is 14.4 Å². The molecule has 0 aromatic heterocycles. The minimum Gasteiger partial charge on any atom is -0.323 e. The molecule has 0 aromatic carbocycles. The van der Waals surface area contributed by atoms with E-state index in [9.17, 15) is 4.57 Å². The van der Waals surface area contributed by atoms with Crippen LogP contribution in [0.3, 0.4) is 0 Å². The van der Waals surface area contributed by atoms with Gasteiger partial charge in [0.1, 0.15) is 5.28 Å². The van der Waals surface area contributed by atoms with Crippen LogP contribution in [0.5, 0.6) is 0 Å². The summed E-state index contributed by atoms with van der Waals surface area (Å²) in [5.41, 5.74) is 5.41. The van der Waals surface area contributed by atoms with Crippen LogP contribution in [-0.2, 0) is 4.57 Å². The summed E-state index contributed by atoms with van der Waals surface area (Å²) in [5, 5.41) is -2.01. The normalized spacial score (nSPS) is 20.9. The van der Waals surface area contributed by atoms with Gasteiger partial charge in [0.05, 0.1) is 0 Å². The zero-order chi connectivity index (χ0) is 9.28. The first-order valence-corrected chi connectivity index (χ1v) is 5.39. The van der Waals surface area contributed by atoms with Gasteiger partial charge in [-0.1, -0.05) is 6.92 Å². The minimum atomic E-state index is -4.24. The molecular formula is C5H14NO3PS. The fourth-order valence-electron chi connectivity index (χ4n) is 0.607. The summed E-state index contributed by atoms with van der Waals surface area (Å²) in [6.07, 6.45) is 0.529. The van der Waals surface area contributed by atoms with Crippen molar-refractivity contribution in [1.82, 2.24) is 0 Å². The van der Waals surface area contributed by atoms with E-state index in [1.54, 1.807) is 6.92 Å². The lowest BCUT2D eigenvalue weighted by molar-refractivity contribution is 0.327. The van der Waals surface area contributed by atoms with Crippen molar-refractivity contribution in [3.63, 3.8) is 0 Å². The van der Waals surface area contributed by atoms with Crippen molar-refractivity contribution in [2.75, 3.05) is 0 Å². The van der Waals surface area contributed by atoms with Crippen LogP contribution in [0, 0.1) is 0 Å². The van der Waals surface area contributed by atoms with Crippen molar-refractivity contribution in [1.29, 1.82) is 0 Å². The highest BCUT2D eigenvalue weighted by Gasteiger charge is 2.43. The Morgan fingerprint density at radius 3 is 2.18 bits per heavy atom. The molecule has 0 amide bonds.